The second-order valence-electron chi connectivity index (χ2n) is 8.01. The largest absolute Gasteiger partial charge is 0.469 e. The maximum absolute atomic E-state index is 12.0. The van der Waals surface area contributed by atoms with Gasteiger partial charge in [-0.05, 0) is 25.2 Å². The Morgan fingerprint density at radius 1 is 1.38 bits per heavy atom. The molecule has 24 heavy (non-hydrogen) atoms. The van der Waals surface area contributed by atoms with Crippen molar-refractivity contribution in [1.29, 1.82) is 0 Å². The molecule has 0 amide bonds. The van der Waals surface area contributed by atoms with Crippen molar-refractivity contribution in [3.63, 3.8) is 0 Å². The molecule has 4 fully saturated rings. The molecule has 0 bridgehead atoms. The van der Waals surface area contributed by atoms with Crippen molar-refractivity contribution in [2.45, 2.75) is 44.8 Å². The van der Waals surface area contributed by atoms with Gasteiger partial charge in [-0.25, -0.2) is 0 Å². The monoisotopic (exact) mass is 335 g/mol. The molecule has 4 aliphatic rings. The summed E-state index contributed by atoms with van der Waals surface area (Å²) in [6.07, 6.45) is 5.47. The Morgan fingerprint density at radius 2 is 2.17 bits per heavy atom. The fourth-order valence-corrected chi connectivity index (χ4v) is 5.49. The van der Waals surface area contributed by atoms with E-state index < -0.39 is 0 Å². The van der Waals surface area contributed by atoms with E-state index in [0.717, 1.165) is 25.5 Å². The molecule has 0 aromatic heterocycles. The number of carbonyl (C=O) groups is 1. The molecule has 1 spiro atoms. The molecule has 4 rings (SSSR count). The van der Waals surface area contributed by atoms with E-state index in [-0.39, 0.29) is 17.8 Å². The lowest BCUT2D eigenvalue weighted by molar-refractivity contribution is -0.171. The fraction of sp³-hybridized carbons (Fsp3) is 0.889. The van der Waals surface area contributed by atoms with Crippen LogP contribution in [0.25, 0.3) is 0 Å². The number of hydrogen-bond acceptors (Lipinski definition) is 4. The number of nitrogens with one attached hydrogen (secondary N) is 1. The minimum absolute atomic E-state index is 0.0600. The van der Waals surface area contributed by atoms with Gasteiger partial charge in [-0.15, -0.1) is 0 Å². The molecule has 0 radical (unpaired) electrons. The van der Waals surface area contributed by atoms with Gasteiger partial charge in [0.15, 0.2) is 5.96 Å². The highest BCUT2D eigenvalue weighted by Gasteiger charge is 2.67. The van der Waals surface area contributed by atoms with E-state index >= 15 is 0 Å². The number of hydrogen-bond donors (Lipinski definition) is 1. The number of aliphatic imine (C=N–C) groups is 1. The molecule has 0 aromatic carbocycles. The normalized spacial score (nSPS) is 40.0. The first kappa shape index (κ1) is 16.2. The van der Waals surface area contributed by atoms with E-state index in [9.17, 15) is 4.79 Å². The van der Waals surface area contributed by atoms with Gasteiger partial charge in [0.25, 0.3) is 0 Å². The highest BCUT2D eigenvalue weighted by molar-refractivity contribution is 5.82. The summed E-state index contributed by atoms with van der Waals surface area (Å²) in [6, 6.07) is 0.477. The van der Waals surface area contributed by atoms with E-state index in [1.54, 1.807) is 0 Å². The highest BCUT2D eigenvalue weighted by Crippen LogP contribution is 2.62. The molecular weight excluding hydrogens is 306 g/mol. The molecular formula is C18H29N3O3. The molecule has 134 valence electrons. The van der Waals surface area contributed by atoms with Crippen molar-refractivity contribution in [3.8, 4) is 0 Å². The van der Waals surface area contributed by atoms with Crippen LogP contribution in [-0.2, 0) is 14.3 Å². The number of likely N-dealkylation sites (tertiary alicyclic amines) is 1. The summed E-state index contributed by atoms with van der Waals surface area (Å²) in [7, 11) is 3.31. The van der Waals surface area contributed by atoms with Crippen molar-refractivity contribution in [2.24, 2.45) is 28.2 Å². The minimum Gasteiger partial charge on any atom is -0.469 e. The molecule has 2 aliphatic heterocycles. The van der Waals surface area contributed by atoms with Crippen LogP contribution in [0.15, 0.2) is 4.99 Å². The molecule has 6 heteroatoms. The molecule has 2 aliphatic carbocycles. The van der Waals surface area contributed by atoms with Crippen LogP contribution in [0.4, 0.5) is 0 Å². The average molecular weight is 335 g/mol. The summed E-state index contributed by atoms with van der Waals surface area (Å²) in [6.45, 7) is 4.56. The predicted molar refractivity (Wildman–Crippen MR) is 90.7 cm³/mol. The van der Waals surface area contributed by atoms with Crippen molar-refractivity contribution in [3.05, 3.63) is 0 Å². The molecule has 2 heterocycles. The van der Waals surface area contributed by atoms with Gasteiger partial charge in [-0.1, -0.05) is 13.3 Å². The SMILES string of the molecule is CN=C(NC1C2CCOC2C12CCC2)N1CC(C)C(C(=O)OC)C1. The summed E-state index contributed by atoms with van der Waals surface area (Å²) in [5.74, 6) is 1.69. The van der Waals surface area contributed by atoms with Gasteiger partial charge < -0.3 is 19.7 Å². The lowest BCUT2D eigenvalue weighted by Gasteiger charge is -2.63. The van der Waals surface area contributed by atoms with Crippen molar-refractivity contribution in [1.82, 2.24) is 10.2 Å². The Balaban J connectivity index is 1.45. The Labute approximate surface area is 144 Å². The van der Waals surface area contributed by atoms with E-state index in [1.807, 2.05) is 7.05 Å². The van der Waals surface area contributed by atoms with Gasteiger partial charge in [0.2, 0.25) is 0 Å². The molecule has 5 unspecified atom stereocenters. The van der Waals surface area contributed by atoms with Crippen molar-refractivity contribution >= 4 is 11.9 Å². The van der Waals surface area contributed by atoms with Crippen molar-refractivity contribution < 1.29 is 14.3 Å². The number of rotatable bonds is 2. The van der Waals surface area contributed by atoms with Crippen LogP contribution in [0.5, 0.6) is 0 Å². The van der Waals surface area contributed by atoms with Gasteiger partial charge in [-0.3, -0.25) is 9.79 Å². The zero-order chi connectivity index (χ0) is 16.9. The number of esters is 1. The quantitative estimate of drug-likeness (QED) is 0.468. The van der Waals surface area contributed by atoms with E-state index in [2.05, 4.69) is 22.1 Å². The molecule has 2 saturated heterocycles. The van der Waals surface area contributed by atoms with Gasteiger partial charge in [0.1, 0.15) is 0 Å². The van der Waals surface area contributed by atoms with Crippen LogP contribution in [0.3, 0.4) is 0 Å². The molecule has 0 aromatic rings. The fourth-order valence-electron chi connectivity index (χ4n) is 5.49. The summed E-state index contributed by atoms with van der Waals surface area (Å²) < 4.78 is 11.0. The van der Waals surface area contributed by atoms with E-state index in [4.69, 9.17) is 9.47 Å². The van der Waals surface area contributed by atoms with Crippen LogP contribution >= 0.6 is 0 Å². The molecule has 2 saturated carbocycles. The Kier molecular flexibility index (Phi) is 3.98. The first-order valence-corrected chi connectivity index (χ1v) is 9.28. The zero-order valence-electron chi connectivity index (χ0n) is 15.0. The smallest absolute Gasteiger partial charge is 0.310 e. The number of nitrogens with zero attached hydrogens (tertiary/aromatic N) is 2. The second-order valence-corrected chi connectivity index (χ2v) is 8.01. The Hall–Kier alpha value is -1.30. The number of guanidine groups is 1. The predicted octanol–water partition coefficient (Wildman–Crippen LogP) is 1.26. The van der Waals surface area contributed by atoms with E-state index in [1.165, 1.54) is 26.4 Å². The second kappa shape index (κ2) is 5.90. The van der Waals surface area contributed by atoms with E-state index in [0.29, 0.717) is 30.0 Å². The van der Waals surface area contributed by atoms with Crippen molar-refractivity contribution in [2.75, 3.05) is 33.9 Å². The summed E-state index contributed by atoms with van der Waals surface area (Å²) in [5.41, 5.74) is 0.337. The van der Waals surface area contributed by atoms with Gasteiger partial charge in [-0.2, -0.15) is 0 Å². The molecule has 1 N–H and O–H groups in total. The third kappa shape index (κ3) is 2.18. The lowest BCUT2D eigenvalue weighted by atomic mass is 9.46. The standard InChI is InChI=1S/C18H29N3O3/c1-11-9-21(10-13(11)16(22)23-3)17(19-2)20-14-12-5-8-24-15(12)18(14)6-4-7-18/h11-15H,4-10H2,1-3H3,(H,19,20). The minimum atomic E-state index is -0.108. The lowest BCUT2D eigenvalue weighted by Crippen LogP contribution is -2.72. The summed E-state index contributed by atoms with van der Waals surface area (Å²) in [5, 5.41) is 3.75. The molecule has 6 nitrogen and oxygen atoms in total. The Bertz CT molecular complexity index is 546. The summed E-state index contributed by atoms with van der Waals surface area (Å²) in [4.78, 5) is 18.7. The maximum atomic E-state index is 12.0. The number of methoxy groups -OCH3 is 1. The summed E-state index contributed by atoms with van der Waals surface area (Å²) >= 11 is 0. The Morgan fingerprint density at radius 3 is 2.79 bits per heavy atom. The topological polar surface area (TPSA) is 63.2 Å². The number of fused-ring (bicyclic) bond motifs is 2. The number of carbonyl (C=O) groups excluding carboxylic acids is 1. The van der Waals surface area contributed by atoms with Crippen LogP contribution in [0.1, 0.15) is 32.6 Å². The molecule has 5 atom stereocenters. The van der Waals surface area contributed by atoms with Gasteiger partial charge in [0.05, 0.1) is 19.1 Å². The zero-order valence-corrected chi connectivity index (χ0v) is 15.0. The van der Waals surface area contributed by atoms with Gasteiger partial charge >= 0.3 is 5.97 Å². The van der Waals surface area contributed by atoms with Crippen LogP contribution < -0.4 is 5.32 Å². The number of ether oxygens (including phenoxy) is 2. The maximum Gasteiger partial charge on any atom is 0.310 e. The third-order valence-electron chi connectivity index (χ3n) is 6.95. The van der Waals surface area contributed by atoms with Crippen LogP contribution in [0.2, 0.25) is 0 Å². The highest BCUT2D eigenvalue weighted by atomic mass is 16.5. The first-order valence-electron chi connectivity index (χ1n) is 9.28. The first-order chi connectivity index (χ1) is 11.6. The van der Waals surface area contributed by atoms with Crippen LogP contribution in [-0.4, -0.2) is 62.8 Å². The average Bonchev–Trinajstić information content (AvgIpc) is 3.11. The van der Waals surface area contributed by atoms with Crippen LogP contribution in [0, 0.1) is 23.2 Å². The van der Waals surface area contributed by atoms with Gasteiger partial charge in [0, 0.05) is 44.1 Å². The third-order valence-corrected chi connectivity index (χ3v) is 6.95.